The van der Waals surface area contributed by atoms with Crippen LogP contribution in [0.5, 0.6) is 0 Å². The van der Waals surface area contributed by atoms with Crippen LogP contribution in [0.3, 0.4) is 0 Å². The van der Waals surface area contributed by atoms with Crippen molar-refractivity contribution in [1.82, 2.24) is 10.3 Å². The highest BCUT2D eigenvalue weighted by Crippen LogP contribution is 2.24. The first kappa shape index (κ1) is 17.9. The number of hydrogen-bond acceptors (Lipinski definition) is 6. The number of nitrogens with one attached hydrogen (secondary N) is 2. The lowest BCUT2D eigenvalue weighted by atomic mass is 10.1. The Balaban J connectivity index is 1.56. The Kier molecular flexibility index (Phi) is 5.11. The summed E-state index contributed by atoms with van der Waals surface area (Å²) >= 11 is 1.41. The van der Waals surface area contributed by atoms with Gasteiger partial charge >= 0.3 is 6.09 Å². The van der Waals surface area contributed by atoms with Crippen molar-refractivity contribution in [3.63, 3.8) is 0 Å². The van der Waals surface area contributed by atoms with Crippen LogP contribution in [0.15, 0.2) is 71.2 Å². The summed E-state index contributed by atoms with van der Waals surface area (Å²) in [4.78, 5) is 33.6. The Hall–Kier alpha value is -3.52. The minimum absolute atomic E-state index is 0.101. The fourth-order valence-corrected chi connectivity index (χ4v) is 3.39. The molecule has 0 saturated carbocycles. The SMILES string of the molecule is O=C(N[C@H]1N=C(c2nccs2)c2ccccc2NC1=O)OCc1ccccc1. The molecule has 2 N–H and O–H groups in total. The third-order valence-corrected chi connectivity index (χ3v) is 4.83. The van der Waals surface area contributed by atoms with Crippen LogP contribution in [0.25, 0.3) is 0 Å². The van der Waals surface area contributed by atoms with Crippen molar-refractivity contribution in [2.24, 2.45) is 4.99 Å². The molecule has 7 nitrogen and oxygen atoms in total. The van der Waals surface area contributed by atoms with Crippen molar-refractivity contribution in [3.05, 3.63) is 82.3 Å². The van der Waals surface area contributed by atoms with Crippen molar-refractivity contribution in [2.45, 2.75) is 12.8 Å². The molecule has 0 fully saturated rings. The minimum atomic E-state index is -1.13. The molecule has 140 valence electrons. The van der Waals surface area contributed by atoms with E-state index in [-0.39, 0.29) is 6.61 Å². The molecular formula is C20H16N4O3S. The number of aliphatic imine (C=N–C) groups is 1. The zero-order chi connectivity index (χ0) is 19.3. The highest BCUT2D eigenvalue weighted by atomic mass is 32.1. The molecule has 1 atom stereocenters. The molecule has 0 bridgehead atoms. The predicted molar refractivity (Wildman–Crippen MR) is 106 cm³/mol. The van der Waals surface area contributed by atoms with E-state index in [1.165, 1.54) is 11.3 Å². The number of carbonyl (C=O) groups excluding carboxylic acids is 2. The topological polar surface area (TPSA) is 92.7 Å². The van der Waals surface area contributed by atoms with Gasteiger partial charge in [-0.1, -0.05) is 48.5 Å². The Morgan fingerprint density at radius 2 is 1.93 bits per heavy atom. The van der Waals surface area contributed by atoms with Gasteiger partial charge in [-0.2, -0.15) is 0 Å². The lowest BCUT2D eigenvalue weighted by Gasteiger charge is -2.13. The molecule has 28 heavy (non-hydrogen) atoms. The van der Waals surface area contributed by atoms with Crippen LogP contribution in [0, 0.1) is 0 Å². The van der Waals surface area contributed by atoms with Gasteiger partial charge in [-0.3, -0.25) is 10.1 Å². The summed E-state index contributed by atoms with van der Waals surface area (Å²) < 4.78 is 5.21. The quantitative estimate of drug-likeness (QED) is 0.713. The molecule has 2 heterocycles. The van der Waals surface area contributed by atoms with Crippen molar-refractivity contribution in [3.8, 4) is 0 Å². The smallest absolute Gasteiger partial charge is 0.409 e. The van der Waals surface area contributed by atoms with Crippen LogP contribution in [-0.4, -0.2) is 28.9 Å². The number of thiazole rings is 1. The molecule has 1 aliphatic rings. The maximum absolute atomic E-state index is 12.6. The number of aromatic nitrogens is 1. The maximum atomic E-state index is 12.6. The molecule has 1 aromatic heterocycles. The van der Waals surface area contributed by atoms with E-state index in [0.717, 1.165) is 11.1 Å². The monoisotopic (exact) mass is 392 g/mol. The van der Waals surface area contributed by atoms with Gasteiger partial charge in [0, 0.05) is 17.1 Å². The van der Waals surface area contributed by atoms with E-state index in [1.54, 1.807) is 12.3 Å². The van der Waals surface area contributed by atoms with Gasteiger partial charge in [-0.25, -0.2) is 14.8 Å². The zero-order valence-corrected chi connectivity index (χ0v) is 15.5. The van der Waals surface area contributed by atoms with Gasteiger partial charge < -0.3 is 10.1 Å². The van der Waals surface area contributed by atoms with Crippen LogP contribution in [0.2, 0.25) is 0 Å². The summed E-state index contributed by atoms with van der Waals surface area (Å²) in [7, 11) is 0. The number of benzene rings is 2. The van der Waals surface area contributed by atoms with E-state index in [1.807, 2.05) is 53.9 Å². The van der Waals surface area contributed by atoms with Gasteiger partial charge in [-0.15, -0.1) is 11.3 Å². The summed E-state index contributed by atoms with van der Waals surface area (Å²) in [6, 6.07) is 16.6. The Bertz CT molecular complexity index is 1020. The lowest BCUT2D eigenvalue weighted by molar-refractivity contribution is -0.117. The number of nitrogens with zero attached hydrogens (tertiary/aromatic N) is 2. The van der Waals surface area contributed by atoms with Gasteiger partial charge in [0.05, 0.1) is 5.69 Å². The first-order valence-corrected chi connectivity index (χ1v) is 9.44. The van der Waals surface area contributed by atoms with Crippen LogP contribution in [-0.2, 0) is 16.1 Å². The maximum Gasteiger partial charge on any atom is 0.409 e. The summed E-state index contributed by atoms with van der Waals surface area (Å²) in [6.07, 6.45) is -0.186. The number of carbonyl (C=O) groups is 2. The number of para-hydroxylation sites is 1. The molecule has 0 spiro atoms. The highest BCUT2D eigenvalue weighted by molar-refractivity contribution is 7.11. The first-order valence-electron chi connectivity index (χ1n) is 8.56. The van der Waals surface area contributed by atoms with Crippen molar-refractivity contribution in [2.75, 3.05) is 5.32 Å². The Morgan fingerprint density at radius 3 is 2.71 bits per heavy atom. The standard InChI is InChI=1S/C20H16N4O3S/c25-18-17(24-20(26)27-12-13-6-2-1-3-7-13)23-16(19-21-10-11-28-19)14-8-4-5-9-15(14)22-18/h1-11,17H,12H2,(H,22,25)(H,24,26)/t17-/m1/s1. The van der Waals surface area contributed by atoms with Crippen LogP contribution >= 0.6 is 11.3 Å². The number of ether oxygens (including phenoxy) is 1. The molecule has 2 amide bonds. The molecule has 8 heteroatoms. The number of anilines is 1. The van der Waals surface area contributed by atoms with Crippen LogP contribution in [0.4, 0.5) is 10.5 Å². The Labute approximate surface area is 165 Å². The molecule has 0 unspecified atom stereocenters. The second-order valence-corrected chi connectivity index (χ2v) is 6.85. The molecule has 3 aromatic rings. The highest BCUT2D eigenvalue weighted by Gasteiger charge is 2.28. The molecule has 1 aliphatic heterocycles. The van der Waals surface area contributed by atoms with Gasteiger partial charge in [-0.05, 0) is 11.6 Å². The number of fused-ring (bicyclic) bond motifs is 1. The number of amides is 2. The summed E-state index contributed by atoms with van der Waals surface area (Å²) in [5.41, 5.74) is 2.75. The molecule has 0 aliphatic carbocycles. The van der Waals surface area contributed by atoms with E-state index in [0.29, 0.717) is 16.4 Å². The average Bonchev–Trinajstić information content (AvgIpc) is 3.21. The van der Waals surface area contributed by atoms with Gasteiger partial charge in [0.15, 0.2) is 0 Å². The lowest BCUT2D eigenvalue weighted by Crippen LogP contribution is -2.42. The minimum Gasteiger partial charge on any atom is -0.445 e. The molecule has 0 radical (unpaired) electrons. The molecule has 0 saturated heterocycles. The summed E-state index contributed by atoms with van der Waals surface area (Å²) in [5, 5.41) is 7.81. The number of benzodiazepines with no additional fused rings is 1. The Morgan fingerprint density at radius 1 is 1.14 bits per heavy atom. The van der Waals surface area contributed by atoms with E-state index in [9.17, 15) is 9.59 Å². The van der Waals surface area contributed by atoms with E-state index < -0.39 is 18.2 Å². The second kappa shape index (κ2) is 8.01. The van der Waals surface area contributed by atoms with Crippen molar-refractivity contribution >= 4 is 34.7 Å². The molecular weight excluding hydrogens is 376 g/mol. The van der Waals surface area contributed by atoms with Crippen LogP contribution < -0.4 is 10.6 Å². The number of rotatable bonds is 4. The number of hydrogen-bond donors (Lipinski definition) is 2. The second-order valence-electron chi connectivity index (χ2n) is 5.96. The third kappa shape index (κ3) is 3.91. The fraction of sp³-hybridized carbons (Fsp3) is 0.100. The van der Waals surface area contributed by atoms with Crippen molar-refractivity contribution < 1.29 is 14.3 Å². The fourth-order valence-electron chi connectivity index (χ4n) is 2.74. The van der Waals surface area contributed by atoms with Gasteiger partial charge in [0.2, 0.25) is 6.17 Å². The third-order valence-electron chi connectivity index (χ3n) is 4.05. The van der Waals surface area contributed by atoms with E-state index in [2.05, 4.69) is 20.6 Å². The molecule has 2 aromatic carbocycles. The number of alkyl carbamates (subject to hydrolysis) is 1. The normalized spacial score (nSPS) is 15.6. The van der Waals surface area contributed by atoms with Crippen molar-refractivity contribution in [1.29, 1.82) is 0 Å². The first-order chi connectivity index (χ1) is 13.7. The molecule has 4 rings (SSSR count). The largest absolute Gasteiger partial charge is 0.445 e. The van der Waals surface area contributed by atoms with E-state index in [4.69, 9.17) is 4.74 Å². The van der Waals surface area contributed by atoms with Gasteiger partial charge in [0.1, 0.15) is 17.3 Å². The average molecular weight is 392 g/mol. The summed E-state index contributed by atoms with van der Waals surface area (Å²) in [5.74, 6) is -0.448. The summed E-state index contributed by atoms with van der Waals surface area (Å²) in [6.45, 7) is 0.101. The van der Waals surface area contributed by atoms with Crippen LogP contribution in [0.1, 0.15) is 16.1 Å². The van der Waals surface area contributed by atoms with E-state index >= 15 is 0 Å². The van der Waals surface area contributed by atoms with Gasteiger partial charge in [0.25, 0.3) is 5.91 Å². The predicted octanol–water partition coefficient (Wildman–Crippen LogP) is 3.19. The zero-order valence-electron chi connectivity index (χ0n) is 14.7.